The average Bonchev–Trinajstić information content (AvgIpc) is 3.00. The van der Waals surface area contributed by atoms with Gasteiger partial charge in [0.25, 0.3) is 0 Å². The van der Waals surface area contributed by atoms with E-state index in [1.54, 1.807) is 12.3 Å². The zero-order valence-corrected chi connectivity index (χ0v) is 10.6. The van der Waals surface area contributed by atoms with Gasteiger partial charge in [-0.05, 0) is 31.4 Å². The van der Waals surface area contributed by atoms with Crippen LogP contribution in [0.1, 0.15) is 18.4 Å². The molecule has 0 radical (unpaired) electrons. The van der Waals surface area contributed by atoms with E-state index in [1.165, 1.54) is 6.20 Å². The van der Waals surface area contributed by atoms with Crippen LogP contribution >= 0.6 is 0 Å². The minimum atomic E-state index is -3.27. The van der Waals surface area contributed by atoms with E-state index in [9.17, 15) is 8.42 Å². The van der Waals surface area contributed by atoms with Gasteiger partial charge in [-0.3, -0.25) is 9.71 Å². The summed E-state index contributed by atoms with van der Waals surface area (Å²) in [5.74, 6) is 0.0947. The molecule has 6 heteroatoms. The topological polar surface area (TPSA) is 71.1 Å². The van der Waals surface area contributed by atoms with Crippen molar-refractivity contribution in [3.05, 3.63) is 24.0 Å². The van der Waals surface area contributed by atoms with Crippen LogP contribution < -0.4 is 10.0 Å². The second kappa shape index (κ2) is 5.01. The fraction of sp³-hybridized carbons (Fsp3) is 0.545. The Morgan fingerprint density at radius 2 is 2.18 bits per heavy atom. The fourth-order valence-corrected chi connectivity index (χ4v) is 2.49. The van der Waals surface area contributed by atoms with Crippen LogP contribution in [0.15, 0.2) is 18.5 Å². The molecule has 1 heterocycles. The van der Waals surface area contributed by atoms with Crippen LogP contribution in [0, 0.1) is 6.92 Å². The van der Waals surface area contributed by atoms with Crippen LogP contribution in [0.5, 0.6) is 0 Å². The predicted octanol–water partition coefficient (Wildman–Crippen LogP) is 0.884. The van der Waals surface area contributed by atoms with Crippen molar-refractivity contribution in [2.24, 2.45) is 0 Å². The third-order valence-corrected chi connectivity index (χ3v) is 3.82. The molecule has 1 saturated carbocycles. The number of nitrogens with one attached hydrogen (secondary N) is 2. The molecule has 0 aliphatic heterocycles. The van der Waals surface area contributed by atoms with Crippen LogP contribution in [0.2, 0.25) is 0 Å². The summed E-state index contributed by atoms with van der Waals surface area (Å²) >= 11 is 0. The second-order valence-corrected chi connectivity index (χ2v) is 6.24. The van der Waals surface area contributed by atoms with Crippen LogP contribution in [0.25, 0.3) is 0 Å². The third-order valence-electron chi connectivity index (χ3n) is 2.53. The highest BCUT2D eigenvalue weighted by atomic mass is 32.2. The lowest BCUT2D eigenvalue weighted by atomic mass is 10.3. The van der Waals surface area contributed by atoms with Crippen molar-refractivity contribution < 1.29 is 8.42 Å². The van der Waals surface area contributed by atoms with Crippen molar-refractivity contribution in [1.29, 1.82) is 0 Å². The van der Waals surface area contributed by atoms with Crippen LogP contribution in [-0.4, -0.2) is 31.7 Å². The van der Waals surface area contributed by atoms with Crippen LogP contribution in [0.3, 0.4) is 0 Å². The first-order valence-electron chi connectivity index (χ1n) is 5.71. The number of anilines is 1. The molecule has 0 spiro atoms. The van der Waals surface area contributed by atoms with Gasteiger partial charge in [0.2, 0.25) is 10.0 Å². The summed E-state index contributed by atoms with van der Waals surface area (Å²) < 4.78 is 26.0. The summed E-state index contributed by atoms with van der Waals surface area (Å²) in [5.41, 5.74) is 1.46. The summed E-state index contributed by atoms with van der Waals surface area (Å²) in [6, 6.07) is 2.30. The maximum absolute atomic E-state index is 11.7. The lowest BCUT2D eigenvalue weighted by molar-refractivity contribution is 0.595. The highest BCUT2D eigenvalue weighted by Crippen LogP contribution is 2.18. The molecule has 1 aromatic rings. The number of aromatic nitrogens is 1. The van der Waals surface area contributed by atoms with Gasteiger partial charge >= 0.3 is 0 Å². The summed E-state index contributed by atoms with van der Waals surface area (Å²) in [7, 11) is -3.27. The van der Waals surface area contributed by atoms with Gasteiger partial charge in [-0.25, -0.2) is 8.42 Å². The lowest BCUT2D eigenvalue weighted by Gasteiger charge is -2.08. The number of rotatable bonds is 6. The number of hydrogen-bond acceptors (Lipinski definition) is 4. The molecule has 2 rings (SSSR count). The van der Waals surface area contributed by atoms with Crippen molar-refractivity contribution in [2.75, 3.05) is 17.0 Å². The number of hydrogen-bond donors (Lipinski definition) is 2. The largest absolute Gasteiger partial charge is 0.313 e. The summed E-state index contributed by atoms with van der Waals surface area (Å²) in [6.07, 6.45) is 5.52. The van der Waals surface area contributed by atoms with Gasteiger partial charge in [0.15, 0.2) is 0 Å². The van der Waals surface area contributed by atoms with E-state index in [0.717, 1.165) is 18.4 Å². The monoisotopic (exact) mass is 255 g/mol. The zero-order chi connectivity index (χ0) is 12.3. The molecule has 1 aliphatic carbocycles. The highest BCUT2D eigenvalue weighted by molar-refractivity contribution is 7.92. The number of pyridine rings is 1. The Morgan fingerprint density at radius 1 is 1.41 bits per heavy atom. The molecule has 2 N–H and O–H groups in total. The quantitative estimate of drug-likeness (QED) is 0.791. The van der Waals surface area contributed by atoms with E-state index in [2.05, 4.69) is 15.0 Å². The fourth-order valence-electron chi connectivity index (χ4n) is 1.53. The maximum Gasteiger partial charge on any atom is 0.234 e. The van der Waals surface area contributed by atoms with Crippen LogP contribution in [-0.2, 0) is 10.0 Å². The summed E-state index contributed by atoms with van der Waals surface area (Å²) in [6.45, 7) is 2.37. The molecule has 1 fully saturated rings. The third kappa shape index (κ3) is 4.32. The lowest BCUT2D eigenvalue weighted by Crippen LogP contribution is -2.28. The van der Waals surface area contributed by atoms with Gasteiger partial charge in [-0.2, -0.15) is 0 Å². The van der Waals surface area contributed by atoms with E-state index < -0.39 is 10.0 Å². The first kappa shape index (κ1) is 12.3. The van der Waals surface area contributed by atoms with Crippen molar-refractivity contribution in [2.45, 2.75) is 25.8 Å². The average molecular weight is 255 g/mol. The smallest absolute Gasteiger partial charge is 0.234 e. The molecule has 1 aromatic heterocycles. The summed E-state index contributed by atoms with van der Waals surface area (Å²) in [5, 5.41) is 3.18. The molecule has 0 atom stereocenters. The Bertz CT molecular complexity index is 483. The van der Waals surface area contributed by atoms with Crippen molar-refractivity contribution in [3.8, 4) is 0 Å². The molecule has 0 amide bonds. The molecule has 0 unspecified atom stereocenters. The van der Waals surface area contributed by atoms with Gasteiger partial charge in [-0.1, -0.05) is 0 Å². The first-order chi connectivity index (χ1) is 8.05. The predicted molar refractivity (Wildman–Crippen MR) is 67.4 cm³/mol. The Hall–Kier alpha value is -1.14. The van der Waals surface area contributed by atoms with Crippen molar-refractivity contribution in [3.63, 3.8) is 0 Å². The van der Waals surface area contributed by atoms with Gasteiger partial charge in [-0.15, -0.1) is 0 Å². The molecular weight excluding hydrogens is 238 g/mol. The Labute approximate surface area is 102 Å². The van der Waals surface area contributed by atoms with E-state index >= 15 is 0 Å². The van der Waals surface area contributed by atoms with E-state index in [4.69, 9.17) is 0 Å². The summed E-state index contributed by atoms with van der Waals surface area (Å²) in [4.78, 5) is 3.94. The van der Waals surface area contributed by atoms with Crippen molar-refractivity contribution in [1.82, 2.24) is 10.3 Å². The number of sulfonamides is 1. The highest BCUT2D eigenvalue weighted by Gasteiger charge is 2.21. The molecule has 1 aliphatic rings. The molecule has 0 aromatic carbocycles. The molecule has 0 bridgehead atoms. The standard InChI is InChI=1S/C11H17N3O2S/c1-9-6-11(8-12-7-9)14-17(15,16)5-4-13-10-2-3-10/h6-8,10,13-14H,2-5H2,1H3. The van der Waals surface area contributed by atoms with Gasteiger partial charge in [0.1, 0.15) is 0 Å². The van der Waals surface area contributed by atoms with Gasteiger partial charge in [0.05, 0.1) is 17.6 Å². The molecule has 94 valence electrons. The zero-order valence-electron chi connectivity index (χ0n) is 9.81. The van der Waals surface area contributed by atoms with E-state index in [0.29, 0.717) is 18.3 Å². The SMILES string of the molecule is Cc1cncc(NS(=O)(=O)CCNC2CC2)c1. The minimum Gasteiger partial charge on any atom is -0.313 e. The van der Waals surface area contributed by atoms with E-state index in [-0.39, 0.29) is 5.75 Å². The maximum atomic E-state index is 11.7. The molecule has 17 heavy (non-hydrogen) atoms. The van der Waals surface area contributed by atoms with Crippen molar-refractivity contribution >= 4 is 15.7 Å². The Kier molecular flexibility index (Phi) is 3.63. The van der Waals surface area contributed by atoms with Crippen LogP contribution in [0.4, 0.5) is 5.69 Å². The molecular formula is C11H17N3O2S. The Balaban J connectivity index is 1.86. The number of nitrogens with zero attached hydrogens (tertiary/aromatic N) is 1. The van der Waals surface area contributed by atoms with Gasteiger partial charge in [0, 0.05) is 18.8 Å². The Morgan fingerprint density at radius 3 is 2.82 bits per heavy atom. The first-order valence-corrected chi connectivity index (χ1v) is 7.36. The van der Waals surface area contributed by atoms with Gasteiger partial charge < -0.3 is 5.32 Å². The molecule has 5 nitrogen and oxygen atoms in total. The second-order valence-electron chi connectivity index (χ2n) is 4.40. The number of aryl methyl sites for hydroxylation is 1. The normalized spacial score (nSPS) is 15.8. The minimum absolute atomic E-state index is 0.0947. The molecule has 0 saturated heterocycles. The van der Waals surface area contributed by atoms with E-state index in [1.807, 2.05) is 6.92 Å².